The van der Waals surface area contributed by atoms with Crippen molar-refractivity contribution in [2.45, 2.75) is 26.7 Å². The van der Waals surface area contributed by atoms with Gasteiger partial charge in [-0.25, -0.2) is 5.11 Å². The molecule has 0 fully saturated rings. The third kappa shape index (κ3) is 7.33. The molecule has 0 atom stereocenters. The highest BCUT2D eigenvalue weighted by Crippen LogP contribution is 2.03. The zero-order valence-corrected chi connectivity index (χ0v) is 7.13. The van der Waals surface area contributed by atoms with Crippen LogP contribution in [0.3, 0.4) is 0 Å². The second-order valence-electron chi connectivity index (χ2n) is 2.86. The van der Waals surface area contributed by atoms with E-state index in [-0.39, 0.29) is 19.2 Å². The Bertz CT molecular complexity index is 110. The van der Waals surface area contributed by atoms with E-state index >= 15 is 0 Å². The monoisotopic (exact) mass is 159 g/mol. The molecule has 3 heteroatoms. The summed E-state index contributed by atoms with van der Waals surface area (Å²) in [6, 6.07) is 0. The van der Waals surface area contributed by atoms with Gasteiger partial charge in [0.1, 0.15) is 13.2 Å². The van der Waals surface area contributed by atoms with Crippen LogP contribution >= 0.6 is 0 Å². The van der Waals surface area contributed by atoms with Crippen LogP contribution in [0.5, 0.6) is 0 Å². The maximum atomic E-state index is 10.7. The molecule has 0 unspecified atom stereocenters. The molecule has 0 rings (SSSR count). The van der Waals surface area contributed by atoms with Gasteiger partial charge in [-0.05, 0) is 12.3 Å². The van der Waals surface area contributed by atoms with Crippen molar-refractivity contribution in [3.8, 4) is 0 Å². The lowest BCUT2D eigenvalue weighted by Crippen LogP contribution is -2.08. The Morgan fingerprint density at radius 3 is 2.55 bits per heavy atom. The Morgan fingerprint density at radius 2 is 2.09 bits per heavy atom. The molecule has 0 bridgehead atoms. The Morgan fingerprint density at radius 1 is 1.45 bits per heavy atom. The predicted octanol–water partition coefficient (Wildman–Crippen LogP) is 1.40. The molecule has 0 spiro atoms. The lowest BCUT2D eigenvalue weighted by molar-refractivity contribution is -0.145. The number of esters is 1. The first kappa shape index (κ1) is 10.4. The van der Waals surface area contributed by atoms with Gasteiger partial charge >= 0.3 is 5.97 Å². The summed E-state index contributed by atoms with van der Waals surface area (Å²) in [7, 11) is 0. The number of ether oxygens (including phenoxy) is 1. The van der Waals surface area contributed by atoms with Gasteiger partial charge in [0, 0.05) is 6.42 Å². The summed E-state index contributed by atoms with van der Waals surface area (Å²) >= 11 is 0. The molecule has 0 saturated heterocycles. The maximum Gasteiger partial charge on any atom is 0.305 e. The van der Waals surface area contributed by atoms with E-state index in [0.717, 1.165) is 6.42 Å². The molecule has 0 aliphatic carbocycles. The van der Waals surface area contributed by atoms with E-state index in [9.17, 15) is 9.90 Å². The van der Waals surface area contributed by atoms with Crippen LogP contribution in [-0.2, 0) is 14.6 Å². The molecular formula is C8H15O3. The largest absolute Gasteiger partial charge is 0.463 e. The van der Waals surface area contributed by atoms with Gasteiger partial charge in [0.05, 0.1) is 0 Å². The summed E-state index contributed by atoms with van der Waals surface area (Å²) in [5, 5.41) is 9.90. The molecule has 0 aliphatic heterocycles. The van der Waals surface area contributed by atoms with E-state index in [2.05, 4.69) is 4.74 Å². The summed E-state index contributed by atoms with van der Waals surface area (Å²) < 4.78 is 4.59. The fourth-order valence-corrected chi connectivity index (χ4v) is 0.634. The Kier molecular flexibility index (Phi) is 5.84. The van der Waals surface area contributed by atoms with Crippen molar-refractivity contribution in [1.29, 1.82) is 0 Å². The van der Waals surface area contributed by atoms with Crippen LogP contribution in [0.2, 0.25) is 0 Å². The van der Waals surface area contributed by atoms with Crippen molar-refractivity contribution in [2.75, 3.05) is 13.2 Å². The van der Waals surface area contributed by atoms with Crippen LogP contribution in [0.1, 0.15) is 26.7 Å². The minimum absolute atomic E-state index is 0.0108. The molecule has 0 saturated carbocycles. The van der Waals surface area contributed by atoms with Gasteiger partial charge in [-0.15, -0.1) is 0 Å². The van der Waals surface area contributed by atoms with E-state index in [1.165, 1.54) is 0 Å². The van der Waals surface area contributed by atoms with Gasteiger partial charge in [-0.1, -0.05) is 13.8 Å². The first-order valence-corrected chi connectivity index (χ1v) is 3.90. The van der Waals surface area contributed by atoms with E-state index in [4.69, 9.17) is 0 Å². The highest BCUT2D eigenvalue weighted by Gasteiger charge is 2.03. The third-order valence-corrected chi connectivity index (χ3v) is 1.27. The second-order valence-corrected chi connectivity index (χ2v) is 2.86. The highest BCUT2D eigenvalue weighted by atomic mass is 16.5. The third-order valence-electron chi connectivity index (χ3n) is 1.27. The topological polar surface area (TPSA) is 46.2 Å². The smallest absolute Gasteiger partial charge is 0.305 e. The highest BCUT2D eigenvalue weighted by molar-refractivity contribution is 5.69. The zero-order chi connectivity index (χ0) is 8.69. The quantitative estimate of drug-likeness (QED) is 0.569. The molecule has 0 aromatic carbocycles. The lowest BCUT2D eigenvalue weighted by atomic mass is 10.1. The summed E-state index contributed by atoms with van der Waals surface area (Å²) in [6.45, 7) is 3.76. The standard InChI is InChI=1S/C8H15O3/c1-7(2)3-4-8(10)11-6-5-9/h7H,3-6H2,1-2H3. The van der Waals surface area contributed by atoms with Crippen LogP contribution in [0.4, 0.5) is 0 Å². The van der Waals surface area contributed by atoms with Gasteiger partial charge in [-0.2, -0.15) is 0 Å². The van der Waals surface area contributed by atoms with Crippen LogP contribution in [0, 0.1) is 5.92 Å². The fraction of sp³-hybridized carbons (Fsp3) is 0.875. The first-order valence-electron chi connectivity index (χ1n) is 3.90. The molecule has 0 N–H and O–H groups in total. The molecule has 1 radical (unpaired) electrons. The van der Waals surface area contributed by atoms with Gasteiger partial charge in [-0.3, -0.25) is 4.79 Å². The molecule has 65 valence electrons. The number of hydrogen-bond donors (Lipinski definition) is 0. The van der Waals surface area contributed by atoms with E-state index in [1.807, 2.05) is 13.8 Å². The molecule has 3 nitrogen and oxygen atoms in total. The lowest BCUT2D eigenvalue weighted by Gasteiger charge is -2.03. The zero-order valence-electron chi connectivity index (χ0n) is 7.13. The molecule has 11 heavy (non-hydrogen) atoms. The first-order chi connectivity index (χ1) is 5.16. The van der Waals surface area contributed by atoms with Crippen molar-refractivity contribution in [1.82, 2.24) is 0 Å². The molecule has 0 aromatic heterocycles. The van der Waals surface area contributed by atoms with Crippen molar-refractivity contribution in [3.05, 3.63) is 0 Å². The number of rotatable bonds is 5. The Labute approximate surface area is 67.4 Å². The molecule has 0 aromatic rings. The Balaban J connectivity index is 3.23. The van der Waals surface area contributed by atoms with Crippen molar-refractivity contribution in [2.24, 2.45) is 5.92 Å². The van der Waals surface area contributed by atoms with Gasteiger partial charge in [0.15, 0.2) is 0 Å². The Hall–Kier alpha value is -0.570. The minimum Gasteiger partial charge on any atom is -0.463 e. The van der Waals surface area contributed by atoms with E-state index in [1.54, 1.807) is 0 Å². The van der Waals surface area contributed by atoms with Crippen molar-refractivity contribution >= 4 is 5.97 Å². The summed E-state index contributed by atoms with van der Waals surface area (Å²) in [6.07, 6.45) is 1.26. The van der Waals surface area contributed by atoms with Crippen LogP contribution in [0.25, 0.3) is 0 Å². The van der Waals surface area contributed by atoms with Gasteiger partial charge < -0.3 is 4.74 Å². The molecule has 0 amide bonds. The van der Waals surface area contributed by atoms with Crippen molar-refractivity contribution < 1.29 is 14.6 Å². The van der Waals surface area contributed by atoms with Crippen molar-refractivity contribution in [3.63, 3.8) is 0 Å². The fourth-order valence-electron chi connectivity index (χ4n) is 0.634. The average molecular weight is 159 g/mol. The average Bonchev–Trinajstić information content (AvgIpc) is 1.97. The number of carbonyl (C=O) groups excluding carboxylic acids is 1. The van der Waals surface area contributed by atoms with Crippen LogP contribution < -0.4 is 0 Å². The van der Waals surface area contributed by atoms with Crippen LogP contribution in [0.15, 0.2) is 0 Å². The predicted molar refractivity (Wildman–Crippen MR) is 40.6 cm³/mol. The second kappa shape index (κ2) is 6.16. The summed E-state index contributed by atoms with van der Waals surface area (Å²) in [4.78, 5) is 10.7. The normalized spacial score (nSPS) is 10.2. The molecule has 0 heterocycles. The molecule has 0 aliphatic rings. The molecular weight excluding hydrogens is 144 g/mol. The van der Waals surface area contributed by atoms with Crippen LogP contribution in [-0.4, -0.2) is 19.2 Å². The maximum absolute atomic E-state index is 10.7. The SMILES string of the molecule is CC(C)CCC(=O)OCC[O]. The van der Waals surface area contributed by atoms with Gasteiger partial charge in [0.2, 0.25) is 0 Å². The van der Waals surface area contributed by atoms with E-state index < -0.39 is 0 Å². The minimum atomic E-state index is -0.340. The summed E-state index contributed by atoms with van der Waals surface area (Å²) in [5.74, 6) is 0.254. The number of carbonyl (C=O) groups is 1. The van der Waals surface area contributed by atoms with E-state index in [0.29, 0.717) is 12.3 Å². The summed E-state index contributed by atoms with van der Waals surface area (Å²) in [5.41, 5.74) is 0. The van der Waals surface area contributed by atoms with Gasteiger partial charge in [0.25, 0.3) is 0 Å². The number of hydrogen-bond acceptors (Lipinski definition) is 2.